The van der Waals surface area contributed by atoms with Gasteiger partial charge in [-0.3, -0.25) is 0 Å². The fourth-order valence-corrected chi connectivity index (χ4v) is 3.92. The van der Waals surface area contributed by atoms with Crippen LogP contribution in [0.4, 0.5) is 5.69 Å². The van der Waals surface area contributed by atoms with Crippen LogP contribution in [0.25, 0.3) is 0 Å². The molecule has 1 aliphatic heterocycles. The smallest absolute Gasteiger partial charge is 0.122 e. The van der Waals surface area contributed by atoms with E-state index in [9.17, 15) is 0 Å². The number of nitrogens with zero attached hydrogens (tertiary/aromatic N) is 2. The third-order valence-electron chi connectivity index (χ3n) is 3.72. The van der Waals surface area contributed by atoms with Crippen LogP contribution < -0.4 is 4.90 Å². The fraction of sp³-hybridized carbons (Fsp3) is 0.438. The molecule has 3 nitrogen and oxygen atoms in total. The molecule has 21 heavy (non-hydrogen) atoms. The number of fused-ring (bicyclic) bond motifs is 1. The summed E-state index contributed by atoms with van der Waals surface area (Å²) in [5.74, 6) is 0. The summed E-state index contributed by atoms with van der Waals surface area (Å²) in [7, 11) is 0. The number of benzene rings is 1. The van der Waals surface area contributed by atoms with Gasteiger partial charge in [-0.15, -0.1) is 11.3 Å². The molecule has 0 amide bonds. The van der Waals surface area contributed by atoms with Crippen molar-refractivity contribution < 1.29 is 4.74 Å². The van der Waals surface area contributed by atoms with E-state index >= 15 is 0 Å². The number of anilines is 1. The third kappa shape index (κ3) is 3.30. The second-order valence-corrected chi connectivity index (χ2v) is 7.02. The van der Waals surface area contributed by atoms with E-state index in [1.54, 1.807) is 11.3 Å². The first-order chi connectivity index (χ1) is 10.2. The lowest BCUT2D eigenvalue weighted by Gasteiger charge is -2.18. The van der Waals surface area contributed by atoms with Crippen molar-refractivity contribution in [2.24, 2.45) is 0 Å². The summed E-state index contributed by atoms with van der Waals surface area (Å²) in [5, 5.41) is 3.23. The molecular formula is C16H19BrN2OS. The zero-order chi connectivity index (χ0) is 14.8. The van der Waals surface area contributed by atoms with Crippen LogP contribution in [0.15, 0.2) is 28.1 Å². The first-order valence-corrected chi connectivity index (χ1v) is 8.94. The molecule has 1 atom stereocenters. The van der Waals surface area contributed by atoms with Gasteiger partial charge in [0, 0.05) is 28.7 Å². The van der Waals surface area contributed by atoms with E-state index in [4.69, 9.17) is 9.72 Å². The van der Waals surface area contributed by atoms with Gasteiger partial charge in [0.1, 0.15) is 11.1 Å². The van der Waals surface area contributed by atoms with Crippen molar-refractivity contribution in [2.45, 2.75) is 32.9 Å². The molecule has 1 aromatic carbocycles. The summed E-state index contributed by atoms with van der Waals surface area (Å²) < 4.78 is 6.77. The van der Waals surface area contributed by atoms with E-state index in [-0.39, 0.29) is 6.10 Å². The monoisotopic (exact) mass is 366 g/mol. The molecule has 2 heterocycles. The standard InChI is InChI=1S/C16H19BrN2OS/c1-3-20-11(2)16-18-14(10-21-16)9-19-7-6-12-8-13(17)4-5-15(12)19/h4-5,8,10-11H,3,6-7,9H2,1-2H3/t11-/m0/s1. The van der Waals surface area contributed by atoms with Crippen LogP contribution in [-0.4, -0.2) is 18.1 Å². The van der Waals surface area contributed by atoms with E-state index in [0.29, 0.717) is 0 Å². The lowest BCUT2D eigenvalue weighted by Crippen LogP contribution is -2.19. The van der Waals surface area contributed by atoms with Crippen molar-refractivity contribution in [3.63, 3.8) is 0 Å². The van der Waals surface area contributed by atoms with Gasteiger partial charge >= 0.3 is 0 Å². The highest BCUT2D eigenvalue weighted by Gasteiger charge is 2.20. The molecule has 0 aliphatic carbocycles. The topological polar surface area (TPSA) is 25.4 Å². The lowest BCUT2D eigenvalue weighted by atomic mass is 10.2. The highest BCUT2D eigenvalue weighted by atomic mass is 79.9. The predicted molar refractivity (Wildman–Crippen MR) is 91.1 cm³/mol. The van der Waals surface area contributed by atoms with Gasteiger partial charge in [-0.2, -0.15) is 0 Å². The molecule has 0 fully saturated rings. The molecule has 3 rings (SSSR count). The largest absolute Gasteiger partial charge is 0.372 e. The van der Waals surface area contributed by atoms with E-state index in [1.807, 2.05) is 6.92 Å². The summed E-state index contributed by atoms with van der Waals surface area (Å²) in [6, 6.07) is 6.53. The van der Waals surface area contributed by atoms with Gasteiger partial charge < -0.3 is 9.64 Å². The Hall–Kier alpha value is -0.910. The molecule has 5 heteroatoms. The Kier molecular flexibility index (Phi) is 4.62. The average molecular weight is 367 g/mol. The van der Waals surface area contributed by atoms with Crippen LogP contribution in [0.1, 0.15) is 36.2 Å². The molecule has 0 spiro atoms. The summed E-state index contributed by atoms with van der Waals surface area (Å²) in [6.07, 6.45) is 1.21. The van der Waals surface area contributed by atoms with Crippen LogP contribution in [0.3, 0.4) is 0 Å². The highest BCUT2D eigenvalue weighted by Crippen LogP contribution is 2.32. The van der Waals surface area contributed by atoms with Crippen molar-refractivity contribution in [2.75, 3.05) is 18.1 Å². The Balaban J connectivity index is 1.71. The van der Waals surface area contributed by atoms with Gasteiger partial charge in [0.15, 0.2) is 0 Å². The number of hydrogen-bond acceptors (Lipinski definition) is 4. The van der Waals surface area contributed by atoms with Crippen LogP contribution in [0, 0.1) is 0 Å². The molecule has 0 unspecified atom stereocenters. The summed E-state index contributed by atoms with van der Waals surface area (Å²) in [5.41, 5.74) is 3.89. The Morgan fingerprint density at radius 2 is 2.33 bits per heavy atom. The van der Waals surface area contributed by atoms with Crippen molar-refractivity contribution in [1.82, 2.24) is 4.98 Å². The minimum absolute atomic E-state index is 0.0931. The SMILES string of the molecule is CCO[C@@H](C)c1nc(CN2CCc3cc(Br)ccc32)cs1. The van der Waals surface area contributed by atoms with E-state index in [0.717, 1.165) is 41.3 Å². The third-order valence-corrected chi connectivity index (χ3v) is 5.27. The maximum atomic E-state index is 5.61. The Morgan fingerprint density at radius 1 is 1.48 bits per heavy atom. The molecule has 0 bridgehead atoms. The fourth-order valence-electron chi connectivity index (χ4n) is 2.70. The Morgan fingerprint density at radius 3 is 3.14 bits per heavy atom. The summed E-state index contributed by atoms with van der Waals surface area (Å²) in [4.78, 5) is 7.13. The number of aromatic nitrogens is 1. The first kappa shape index (κ1) is 15.0. The quantitative estimate of drug-likeness (QED) is 0.774. The second kappa shape index (κ2) is 6.46. The first-order valence-electron chi connectivity index (χ1n) is 7.26. The van der Waals surface area contributed by atoms with Crippen molar-refractivity contribution in [3.05, 3.63) is 44.3 Å². The number of thiazole rings is 1. The maximum absolute atomic E-state index is 5.61. The van der Waals surface area contributed by atoms with Crippen molar-refractivity contribution in [3.8, 4) is 0 Å². The zero-order valence-electron chi connectivity index (χ0n) is 12.3. The number of rotatable bonds is 5. The maximum Gasteiger partial charge on any atom is 0.122 e. The summed E-state index contributed by atoms with van der Waals surface area (Å²) in [6.45, 7) is 6.76. The van der Waals surface area contributed by atoms with Gasteiger partial charge in [-0.25, -0.2) is 4.98 Å². The van der Waals surface area contributed by atoms with E-state index in [2.05, 4.69) is 51.3 Å². The Bertz CT molecular complexity index is 628. The minimum atomic E-state index is 0.0931. The van der Waals surface area contributed by atoms with Crippen LogP contribution >= 0.6 is 27.3 Å². The van der Waals surface area contributed by atoms with Gasteiger partial charge in [-0.1, -0.05) is 15.9 Å². The minimum Gasteiger partial charge on any atom is -0.372 e. The summed E-state index contributed by atoms with van der Waals surface area (Å²) >= 11 is 5.24. The molecule has 0 N–H and O–H groups in total. The predicted octanol–water partition coefficient (Wildman–Crippen LogP) is 4.57. The molecule has 112 valence electrons. The van der Waals surface area contributed by atoms with E-state index in [1.165, 1.54) is 11.3 Å². The van der Waals surface area contributed by atoms with Gasteiger partial charge in [-0.05, 0) is 44.0 Å². The van der Waals surface area contributed by atoms with Crippen LogP contribution in [-0.2, 0) is 17.7 Å². The second-order valence-electron chi connectivity index (χ2n) is 5.22. The van der Waals surface area contributed by atoms with Crippen LogP contribution in [0.5, 0.6) is 0 Å². The molecular weight excluding hydrogens is 348 g/mol. The van der Waals surface area contributed by atoms with Crippen molar-refractivity contribution >= 4 is 33.0 Å². The number of ether oxygens (including phenoxy) is 1. The normalized spacial score (nSPS) is 15.3. The van der Waals surface area contributed by atoms with Gasteiger partial charge in [0.05, 0.1) is 12.2 Å². The lowest BCUT2D eigenvalue weighted by molar-refractivity contribution is 0.0761. The zero-order valence-corrected chi connectivity index (χ0v) is 14.7. The van der Waals surface area contributed by atoms with Gasteiger partial charge in [0.25, 0.3) is 0 Å². The average Bonchev–Trinajstić information content (AvgIpc) is 3.07. The number of hydrogen-bond donors (Lipinski definition) is 0. The molecule has 2 aromatic rings. The highest BCUT2D eigenvalue weighted by molar-refractivity contribution is 9.10. The Labute approximate surface area is 138 Å². The molecule has 1 aliphatic rings. The molecule has 0 saturated carbocycles. The van der Waals surface area contributed by atoms with Crippen molar-refractivity contribution in [1.29, 1.82) is 0 Å². The van der Waals surface area contributed by atoms with E-state index < -0.39 is 0 Å². The van der Waals surface area contributed by atoms with Gasteiger partial charge in [0.2, 0.25) is 0 Å². The molecule has 0 saturated heterocycles. The number of halogens is 1. The van der Waals surface area contributed by atoms with Crippen LogP contribution in [0.2, 0.25) is 0 Å². The molecule has 1 aromatic heterocycles. The molecule has 0 radical (unpaired) electrons.